The zero-order chi connectivity index (χ0) is 47.6. The van der Waals surface area contributed by atoms with Crippen LogP contribution in [-0.2, 0) is 19.9 Å². The van der Waals surface area contributed by atoms with Gasteiger partial charge in [-0.25, -0.2) is 30.3 Å². The van der Waals surface area contributed by atoms with E-state index >= 15 is 0 Å². The van der Waals surface area contributed by atoms with Crippen LogP contribution in [0.1, 0.15) is 69.7 Å². The molecule has 11 nitrogen and oxygen atoms in total. The number of aliphatic hydroxyl groups excluding tert-OH is 1. The monoisotopic (exact) mass is 969 g/mol. The fourth-order valence-electron chi connectivity index (χ4n) is 8.00. The van der Waals surface area contributed by atoms with Crippen molar-refractivity contribution in [1.29, 1.82) is 0 Å². The van der Waals surface area contributed by atoms with E-state index in [2.05, 4.69) is 29.0 Å². The molecule has 0 radical (unpaired) electrons. The molecule has 65 heavy (non-hydrogen) atoms. The van der Waals surface area contributed by atoms with Crippen LogP contribution in [-0.4, -0.2) is 121 Å². The van der Waals surface area contributed by atoms with Gasteiger partial charge in [0.25, 0.3) is 25.8 Å². The van der Waals surface area contributed by atoms with E-state index in [4.69, 9.17) is 0 Å². The molecule has 5 rings (SSSR count). The second-order valence-corrected chi connectivity index (χ2v) is 22.0. The number of piperazine rings is 1. The lowest BCUT2D eigenvalue weighted by molar-refractivity contribution is -0.0436. The number of anilines is 2. The molecule has 0 spiro atoms. The van der Waals surface area contributed by atoms with Crippen molar-refractivity contribution >= 4 is 48.9 Å². The van der Waals surface area contributed by atoms with Gasteiger partial charge in [0.05, 0.1) is 17.2 Å². The number of likely N-dealkylation sites (N-methyl/N-ethyl adjacent to an activating group) is 1. The summed E-state index contributed by atoms with van der Waals surface area (Å²) in [6.07, 6.45) is 2.90. The summed E-state index contributed by atoms with van der Waals surface area (Å²) in [5, 5.41) is 12.2. The predicted molar refractivity (Wildman–Crippen MR) is 247 cm³/mol. The molecule has 0 aromatic heterocycles. The number of benzene rings is 3. The van der Waals surface area contributed by atoms with E-state index in [1.54, 1.807) is 19.2 Å². The first-order chi connectivity index (χ1) is 30.6. The molecule has 1 amide bonds. The number of alkyl halides is 5. The van der Waals surface area contributed by atoms with E-state index in [0.29, 0.717) is 50.8 Å². The molecule has 1 fully saturated rings. The first-order valence-corrected chi connectivity index (χ1v) is 25.6. The number of carbonyl (C=O) groups is 1. The van der Waals surface area contributed by atoms with Gasteiger partial charge >= 0.3 is 5.51 Å². The number of halogens is 5. The highest BCUT2D eigenvalue weighted by atomic mass is 32.2. The normalized spacial score (nSPS) is 17.2. The average Bonchev–Trinajstić information content (AvgIpc) is 3.25. The summed E-state index contributed by atoms with van der Waals surface area (Å²) in [6, 6.07) is 17.1. The number of allylic oxidation sites excluding steroid dienone is 3. The number of aliphatic hydroxyl groups is 1. The zero-order valence-electron chi connectivity index (χ0n) is 37.2. The zero-order valence-corrected chi connectivity index (χ0v) is 39.7. The van der Waals surface area contributed by atoms with Crippen molar-refractivity contribution in [3.8, 4) is 0 Å². The molecule has 358 valence electrons. The lowest BCUT2D eigenvalue weighted by Crippen LogP contribution is -2.47. The minimum absolute atomic E-state index is 0.0476. The van der Waals surface area contributed by atoms with E-state index < -0.39 is 59.2 Å². The van der Waals surface area contributed by atoms with Crippen LogP contribution >= 0.6 is 11.8 Å². The number of hydrogen-bond donors (Lipinski definition) is 3. The second kappa shape index (κ2) is 22.7. The maximum absolute atomic E-state index is 14.1. The Morgan fingerprint density at radius 2 is 1.63 bits per heavy atom. The summed E-state index contributed by atoms with van der Waals surface area (Å²) in [6.45, 7) is 10.5. The second-order valence-electron chi connectivity index (χ2n) is 17.3. The third kappa shape index (κ3) is 14.5. The molecule has 19 heteroatoms. The molecule has 1 atom stereocenters. The molecule has 3 N–H and O–H groups in total. The summed E-state index contributed by atoms with van der Waals surface area (Å²) in [5.41, 5.74) is -1.90. The number of nitrogens with one attached hydrogen (secondary N) is 2. The van der Waals surface area contributed by atoms with E-state index in [-0.39, 0.29) is 24.0 Å². The molecule has 0 bridgehead atoms. The van der Waals surface area contributed by atoms with Crippen molar-refractivity contribution in [2.75, 3.05) is 75.4 Å². The van der Waals surface area contributed by atoms with Crippen LogP contribution in [0.25, 0.3) is 0 Å². The topological polar surface area (TPSA) is 139 Å². The quantitative estimate of drug-likeness (QED) is 0.0699. The van der Waals surface area contributed by atoms with Crippen molar-refractivity contribution in [2.45, 2.75) is 92.0 Å². The number of carbonyl (C=O) groups excluding carboxylic acids is 1. The Balaban J connectivity index is 1.27. The van der Waals surface area contributed by atoms with E-state index in [1.165, 1.54) is 35.0 Å². The van der Waals surface area contributed by atoms with E-state index in [0.717, 1.165) is 67.2 Å². The molecular weight excluding hydrogens is 910 g/mol. The highest BCUT2D eigenvalue weighted by Crippen LogP contribution is 2.43. The van der Waals surface area contributed by atoms with Gasteiger partial charge in [0, 0.05) is 73.6 Å². The molecule has 1 aliphatic heterocycles. The standard InChI is InChI=1S/C46H60F5N5O6S3/c1-5-33(13-18-43(47)48)40-30-45(2,3)21-19-35(40)31-55-23-25-56(26-24-55)37-14-11-34(12-15-37)44(58)53-65(61,62)39-16-17-41(42(29-39)64(59,60)46(49,50)51)52-36(20-22-54(4)27-28-57)32-63-38-9-7-6-8-10-38/h5-12,14-17,29,36,43,52,57H,13,18-28,30-32H2,1-4H3,(H,53,58)/b33-5+. The fraction of sp³-hybridized carbons (Fsp3) is 0.500. The molecule has 3 aromatic rings. The first-order valence-electron chi connectivity index (χ1n) is 21.6. The van der Waals surface area contributed by atoms with Crippen molar-refractivity contribution in [1.82, 2.24) is 14.5 Å². The number of sulfonamides is 1. The molecule has 1 aliphatic carbocycles. The summed E-state index contributed by atoms with van der Waals surface area (Å²) < 4.78 is 123. The van der Waals surface area contributed by atoms with Gasteiger partial charge in [-0.15, -0.1) is 11.8 Å². The SMILES string of the molecule is C/C=C(\CCC(F)F)C1=C(CN2CCN(c3ccc(C(=O)NS(=O)(=O)c4ccc(NC(CCN(C)CCO)CSc5ccccc5)c(S(=O)(=O)C(F)(F)F)c4)cc3)CC2)CCC(C)(C)C1. The van der Waals surface area contributed by atoms with Crippen LogP contribution in [0.5, 0.6) is 0 Å². The average molecular weight is 970 g/mol. The van der Waals surface area contributed by atoms with Crippen LogP contribution in [0, 0.1) is 5.41 Å². The smallest absolute Gasteiger partial charge is 0.395 e. The minimum atomic E-state index is -6.09. The first kappa shape index (κ1) is 52.0. The van der Waals surface area contributed by atoms with Crippen molar-refractivity contribution in [3.05, 3.63) is 101 Å². The summed E-state index contributed by atoms with van der Waals surface area (Å²) >= 11 is 1.39. The van der Waals surface area contributed by atoms with Crippen LogP contribution in [0.2, 0.25) is 0 Å². The molecule has 1 unspecified atom stereocenters. The van der Waals surface area contributed by atoms with Crippen LogP contribution in [0.15, 0.2) is 110 Å². The van der Waals surface area contributed by atoms with Gasteiger partial charge in [0.1, 0.15) is 4.90 Å². The van der Waals surface area contributed by atoms with Gasteiger partial charge in [-0.1, -0.05) is 43.7 Å². The minimum Gasteiger partial charge on any atom is -0.395 e. The van der Waals surface area contributed by atoms with Crippen molar-refractivity contribution < 1.29 is 48.7 Å². The van der Waals surface area contributed by atoms with Crippen LogP contribution < -0.4 is 14.9 Å². The number of rotatable bonds is 21. The number of amides is 1. The maximum atomic E-state index is 14.1. The summed E-state index contributed by atoms with van der Waals surface area (Å²) in [4.78, 5) is 18.3. The largest absolute Gasteiger partial charge is 0.501 e. The van der Waals surface area contributed by atoms with Crippen LogP contribution in [0.4, 0.5) is 33.3 Å². The van der Waals surface area contributed by atoms with Gasteiger partial charge in [0.15, 0.2) is 0 Å². The summed E-state index contributed by atoms with van der Waals surface area (Å²) in [7, 11) is -9.22. The van der Waals surface area contributed by atoms with Crippen LogP contribution in [0.3, 0.4) is 0 Å². The third-order valence-corrected chi connectivity index (χ3v) is 15.8. The fourth-order valence-corrected chi connectivity index (χ4v) is 11.0. The Morgan fingerprint density at radius 1 is 0.954 bits per heavy atom. The number of sulfone groups is 1. The predicted octanol–water partition coefficient (Wildman–Crippen LogP) is 8.61. The number of hydrogen-bond acceptors (Lipinski definition) is 11. The van der Waals surface area contributed by atoms with Gasteiger partial charge < -0.3 is 20.2 Å². The molecule has 3 aromatic carbocycles. The number of thioether (sulfide) groups is 1. The van der Waals surface area contributed by atoms with Crippen molar-refractivity contribution in [2.24, 2.45) is 5.41 Å². The maximum Gasteiger partial charge on any atom is 0.501 e. The van der Waals surface area contributed by atoms with Gasteiger partial charge in [-0.3, -0.25) is 9.69 Å². The molecular formula is C46H60F5N5O6S3. The molecule has 0 saturated carbocycles. The Labute approximate surface area is 384 Å². The van der Waals surface area contributed by atoms with Crippen molar-refractivity contribution in [3.63, 3.8) is 0 Å². The Bertz CT molecular complexity index is 2360. The third-order valence-electron chi connectivity index (χ3n) is 11.8. The van der Waals surface area contributed by atoms with E-state index in [1.807, 2.05) is 53.0 Å². The van der Waals surface area contributed by atoms with Gasteiger partial charge in [-0.05, 0) is 124 Å². The Morgan fingerprint density at radius 3 is 2.25 bits per heavy atom. The van der Waals surface area contributed by atoms with Gasteiger partial charge in [-0.2, -0.15) is 13.2 Å². The van der Waals surface area contributed by atoms with Gasteiger partial charge in [0.2, 0.25) is 6.43 Å². The summed E-state index contributed by atoms with van der Waals surface area (Å²) in [5.74, 6) is -0.763. The lowest BCUT2D eigenvalue weighted by atomic mass is 9.71. The number of nitrogens with zero attached hydrogens (tertiary/aromatic N) is 3. The Hall–Kier alpha value is -4.01. The highest BCUT2D eigenvalue weighted by molar-refractivity contribution is 7.99. The lowest BCUT2D eigenvalue weighted by Gasteiger charge is -2.39. The Kier molecular flexibility index (Phi) is 18.1. The molecule has 1 heterocycles. The highest BCUT2D eigenvalue weighted by Gasteiger charge is 2.48. The molecule has 2 aliphatic rings. The molecule has 1 saturated heterocycles. The van der Waals surface area contributed by atoms with E-state index in [9.17, 15) is 48.7 Å².